The maximum absolute atomic E-state index is 13.3. The van der Waals surface area contributed by atoms with Gasteiger partial charge in [0.05, 0.1) is 25.3 Å². The number of nitrogens with zero attached hydrogens (tertiary/aromatic N) is 1. The van der Waals surface area contributed by atoms with Crippen LogP contribution in [0.3, 0.4) is 0 Å². The van der Waals surface area contributed by atoms with Crippen molar-refractivity contribution >= 4 is 23.1 Å². The lowest BCUT2D eigenvalue weighted by Gasteiger charge is -2.27. The van der Waals surface area contributed by atoms with Crippen molar-refractivity contribution in [3.63, 3.8) is 0 Å². The number of Topliss-reactive ketones (excluding diaryl/α,β-unsaturated/α-hetero) is 1. The van der Waals surface area contributed by atoms with Gasteiger partial charge in [0, 0.05) is 17.3 Å². The number of benzene rings is 3. The highest BCUT2D eigenvalue weighted by Crippen LogP contribution is 2.43. The summed E-state index contributed by atoms with van der Waals surface area (Å²) in [5, 5.41) is 11.3. The number of hydrogen-bond acceptors (Lipinski definition) is 5. The Hall–Kier alpha value is -4.06. The Labute approximate surface area is 199 Å². The number of anilines is 1. The Bertz CT molecular complexity index is 1250. The van der Waals surface area contributed by atoms with Crippen LogP contribution in [0.15, 0.2) is 78.4 Å². The van der Waals surface area contributed by atoms with Gasteiger partial charge in [0.15, 0.2) is 0 Å². The SMILES string of the molecule is CCCOc1ccc(/C(O)=C2\C(=O)C(=O)N(c3cccc(OC)c3)C2c2ccccc2C)cc1. The van der Waals surface area contributed by atoms with Crippen molar-refractivity contribution in [3.05, 3.63) is 95.1 Å². The smallest absolute Gasteiger partial charge is 0.300 e. The number of carbonyl (C=O) groups excluding carboxylic acids is 2. The minimum Gasteiger partial charge on any atom is -0.507 e. The molecule has 174 valence electrons. The number of ether oxygens (including phenoxy) is 2. The van der Waals surface area contributed by atoms with Gasteiger partial charge in [0.1, 0.15) is 17.3 Å². The summed E-state index contributed by atoms with van der Waals surface area (Å²) >= 11 is 0. The molecule has 1 unspecified atom stereocenters. The normalized spacial score (nSPS) is 17.1. The van der Waals surface area contributed by atoms with Crippen LogP contribution in [-0.2, 0) is 9.59 Å². The molecule has 1 aliphatic heterocycles. The number of methoxy groups -OCH3 is 1. The Balaban J connectivity index is 1.87. The van der Waals surface area contributed by atoms with E-state index in [4.69, 9.17) is 9.47 Å². The molecule has 0 aromatic heterocycles. The fourth-order valence-corrected chi connectivity index (χ4v) is 4.13. The lowest BCUT2D eigenvalue weighted by atomic mass is 9.92. The molecule has 34 heavy (non-hydrogen) atoms. The molecule has 1 N–H and O–H groups in total. The van der Waals surface area contributed by atoms with E-state index in [1.54, 1.807) is 55.6 Å². The first kappa shape index (κ1) is 23.1. The second kappa shape index (κ2) is 9.83. The van der Waals surface area contributed by atoms with Crippen LogP contribution in [0.4, 0.5) is 5.69 Å². The molecule has 0 spiro atoms. The number of hydrogen-bond donors (Lipinski definition) is 1. The monoisotopic (exact) mass is 457 g/mol. The molecule has 6 nitrogen and oxygen atoms in total. The van der Waals surface area contributed by atoms with E-state index in [9.17, 15) is 14.7 Å². The molecule has 1 saturated heterocycles. The molecule has 1 atom stereocenters. The van der Waals surface area contributed by atoms with Crippen LogP contribution in [0.1, 0.15) is 36.1 Å². The van der Waals surface area contributed by atoms with Crippen molar-refractivity contribution in [2.45, 2.75) is 26.3 Å². The maximum Gasteiger partial charge on any atom is 0.300 e. The van der Waals surface area contributed by atoms with Gasteiger partial charge in [-0.15, -0.1) is 0 Å². The quantitative estimate of drug-likeness (QED) is 0.291. The first-order chi connectivity index (χ1) is 16.5. The van der Waals surface area contributed by atoms with Gasteiger partial charge in [0.25, 0.3) is 11.7 Å². The average Bonchev–Trinajstić information content (AvgIpc) is 3.13. The molecule has 0 radical (unpaired) electrons. The highest BCUT2D eigenvalue weighted by Gasteiger charge is 2.47. The predicted molar refractivity (Wildman–Crippen MR) is 131 cm³/mol. The average molecular weight is 458 g/mol. The van der Waals surface area contributed by atoms with Crippen LogP contribution in [0.2, 0.25) is 0 Å². The van der Waals surface area contributed by atoms with Crippen molar-refractivity contribution in [2.24, 2.45) is 0 Å². The molecule has 3 aromatic carbocycles. The summed E-state index contributed by atoms with van der Waals surface area (Å²) in [6, 6.07) is 20.6. The summed E-state index contributed by atoms with van der Waals surface area (Å²) in [7, 11) is 1.54. The molecule has 0 aliphatic carbocycles. The molecule has 1 aliphatic rings. The van der Waals surface area contributed by atoms with E-state index in [-0.39, 0.29) is 11.3 Å². The standard InChI is InChI=1S/C28H27NO5/c1-4-16-34-21-14-12-19(13-15-21)26(30)24-25(23-11-6-5-8-18(23)2)29(28(32)27(24)31)20-9-7-10-22(17-20)33-3/h5-15,17,25,30H,4,16H2,1-3H3/b26-24+. The van der Waals surface area contributed by atoms with Crippen molar-refractivity contribution < 1.29 is 24.2 Å². The van der Waals surface area contributed by atoms with Crippen LogP contribution in [0.25, 0.3) is 5.76 Å². The zero-order valence-electron chi connectivity index (χ0n) is 19.4. The van der Waals surface area contributed by atoms with E-state index in [1.807, 2.05) is 38.1 Å². The van der Waals surface area contributed by atoms with E-state index in [2.05, 4.69) is 0 Å². The van der Waals surface area contributed by atoms with E-state index < -0.39 is 17.7 Å². The third-order valence-corrected chi connectivity index (χ3v) is 5.86. The molecule has 6 heteroatoms. The molecule has 0 bridgehead atoms. The predicted octanol–water partition coefficient (Wildman–Crippen LogP) is 5.42. The molecular formula is C28H27NO5. The highest BCUT2D eigenvalue weighted by molar-refractivity contribution is 6.51. The van der Waals surface area contributed by atoms with Crippen LogP contribution >= 0.6 is 0 Å². The summed E-state index contributed by atoms with van der Waals surface area (Å²) in [4.78, 5) is 28.0. The lowest BCUT2D eigenvalue weighted by molar-refractivity contribution is -0.132. The summed E-state index contributed by atoms with van der Waals surface area (Å²) in [6.45, 7) is 4.53. The van der Waals surface area contributed by atoms with Crippen molar-refractivity contribution in [2.75, 3.05) is 18.6 Å². The van der Waals surface area contributed by atoms with E-state index in [0.29, 0.717) is 29.4 Å². The number of amides is 1. The van der Waals surface area contributed by atoms with E-state index in [1.165, 1.54) is 4.90 Å². The third-order valence-electron chi connectivity index (χ3n) is 5.86. The van der Waals surface area contributed by atoms with Crippen LogP contribution in [0.5, 0.6) is 11.5 Å². The molecule has 1 amide bonds. The molecule has 1 heterocycles. The number of aryl methyl sites for hydroxylation is 1. The molecular weight excluding hydrogens is 430 g/mol. The summed E-state index contributed by atoms with van der Waals surface area (Å²) in [6.07, 6.45) is 0.881. The fraction of sp³-hybridized carbons (Fsp3) is 0.214. The minimum atomic E-state index is -0.788. The lowest BCUT2D eigenvalue weighted by Crippen LogP contribution is -2.29. The molecule has 4 rings (SSSR count). The summed E-state index contributed by atoms with van der Waals surface area (Å²) in [5.41, 5.74) is 2.65. The second-order valence-electron chi connectivity index (χ2n) is 8.10. The van der Waals surface area contributed by atoms with Gasteiger partial charge in [-0.3, -0.25) is 14.5 Å². The van der Waals surface area contributed by atoms with Gasteiger partial charge in [-0.05, 0) is 60.9 Å². The molecule has 3 aromatic rings. The van der Waals surface area contributed by atoms with Gasteiger partial charge in [-0.25, -0.2) is 0 Å². The number of rotatable bonds is 7. The molecule has 1 fully saturated rings. The number of aliphatic hydroxyl groups excluding tert-OH is 1. The first-order valence-electron chi connectivity index (χ1n) is 11.2. The fourth-order valence-electron chi connectivity index (χ4n) is 4.13. The number of aliphatic hydroxyl groups is 1. The zero-order chi connectivity index (χ0) is 24.2. The Morgan fingerprint density at radius 3 is 2.38 bits per heavy atom. The number of carbonyl (C=O) groups is 2. The van der Waals surface area contributed by atoms with Crippen molar-refractivity contribution in [1.29, 1.82) is 0 Å². The van der Waals surface area contributed by atoms with Crippen LogP contribution in [-0.4, -0.2) is 30.5 Å². The van der Waals surface area contributed by atoms with Crippen LogP contribution < -0.4 is 14.4 Å². The highest BCUT2D eigenvalue weighted by atomic mass is 16.5. The largest absolute Gasteiger partial charge is 0.507 e. The summed E-state index contributed by atoms with van der Waals surface area (Å²) < 4.78 is 10.9. The van der Waals surface area contributed by atoms with E-state index >= 15 is 0 Å². The van der Waals surface area contributed by atoms with Gasteiger partial charge in [0.2, 0.25) is 0 Å². The van der Waals surface area contributed by atoms with Gasteiger partial charge in [-0.2, -0.15) is 0 Å². The Kier molecular flexibility index (Phi) is 6.68. The number of ketones is 1. The minimum absolute atomic E-state index is 0.0457. The molecule has 0 saturated carbocycles. The van der Waals surface area contributed by atoms with Crippen molar-refractivity contribution in [3.8, 4) is 11.5 Å². The topological polar surface area (TPSA) is 76.1 Å². The summed E-state index contributed by atoms with van der Waals surface area (Å²) in [5.74, 6) is -0.429. The first-order valence-corrected chi connectivity index (χ1v) is 11.2. The van der Waals surface area contributed by atoms with Crippen LogP contribution in [0, 0.1) is 6.92 Å². The maximum atomic E-state index is 13.3. The Morgan fingerprint density at radius 1 is 0.971 bits per heavy atom. The Morgan fingerprint density at radius 2 is 1.71 bits per heavy atom. The van der Waals surface area contributed by atoms with Gasteiger partial charge >= 0.3 is 0 Å². The zero-order valence-corrected chi connectivity index (χ0v) is 19.4. The van der Waals surface area contributed by atoms with E-state index in [0.717, 1.165) is 17.5 Å². The third kappa shape index (κ3) is 4.27. The van der Waals surface area contributed by atoms with Gasteiger partial charge in [-0.1, -0.05) is 37.3 Å². The second-order valence-corrected chi connectivity index (χ2v) is 8.10. The van der Waals surface area contributed by atoms with Crippen molar-refractivity contribution in [1.82, 2.24) is 0 Å². The van der Waals surface area contributed by atoms with Gasteiger partial charge < -0.3 is 14.6 Å².